The van der Waals surface area contributed by atoms with Gasteiger partial charge in [-0.15, -0.1) is 0 Å². The second kappa shape index (κ2) is 5.90. The lowest BCUT2D eigenvalue weighted by Crippen LogP contribution is -2.15. The summed E-state index contributed by atoms with van der Waals surface area (Å²) in [6, 6.07) is 0. The monoisotopic (exact) mass is 329 g/mol. The highest BCUT2D eigenvalue weighted by atomic mass is 31.2. The number of imidazole rings is 1. The topological polar surface area (TPSA) is 146 Å². The second-order valence-corrected chi connectivity index (χ2v) is 6.76. The summed E-state index contributed by atoms with van der Waals surface area (Å²) in [5.41, 5.74) is 6.82. The summed E-state index contributed by atoms with van der Waals surface area (Å²) in [7, 11) is -4.04. The first-order valence-electron chi connectivity index (χ1n) is 6.65. The molecule has 0 unspecified atom stereocenters. The molecule has 3 heterocycles. The van der Waals surface area contributed by atoms with Crippen molar-refractivity contribution in [2.45, 2.75) is 18.8 Å². The maximum atomic E-state index is 10.8. The Morgan fingerprint density at radius 2 is 2.27 bits per heavy atom. The number of hydrogen-bond donors (Lipinski definition) is 3. The molecule has 1 saturated heterocycles. The lowest BCUT2D eigenvalue weighted by molar-refractivity contribution is 0.0307. The minimum absolute atomic E-state index is 0.00911. The van der Waals surface area contributed by atoms with Crippen molar-refractivity contribution in [1.82, 2.24) is 19.5 Å². The molecule has 2 atom stereocenters. The van der Waals surface area contributed by atoms with Crippen molar-refractivity contribution < 1.29 is 23.8 Å². The largest absolute Gasteiger partial charge is 0.382 e. The third-order valence-corrected chi connectivity index (χ3v) is 4.14. The van der Waals surface area contributed by atoms with Crippen molar-refractivity contribution in [2.24, 2.45) is 0 Å². The molecule has 0 spiro atoms. The summed E-state index contributed by atoms with van der Waals surface area (Å²) in [6.07, 6.45) is 2.65. The highest BCUT2D eigenvalue weighted by Crippen LogP contribution is 2.34. The molecule has 0 aromatic carbocycles. The molecule has 1 aliphatic rings. The van der Waals surface area contributed by atoms with Gasteiger partial charge in [0.05, 0.1) is 31.8 Å². The van der Waals surface area contributed by atoms with Gasteiger partial charge in [-0.1, -0.05) is 0 Å². The maximum Gasteiger partial charge on any atom is 0.327 e. The van der Waals surface area contributed by atoms with Gasteiger partial charge in [0.15, 0.2) is 11.5 Å². The first-order chi connectivity index (χ1) is 10.4. The van der Waals surface area contributed by atoms with Gasteiger partial charge in [-0.3, -0.25) is 9.13 Å². The molecule has 0 amide bonds. The standard InChI is InChI=1S/C11H16N5O5P/c12-10-9-11(14-5-13-10)16(6-15-9)8-3-7(4-21-8)20-1-2-22(17,18)19/h5-8H,1-4H2,(H2,12,13,14)(H2,17,18,19)/t7-,8-/m1/s1. The number of nitrogen functional groups attached to an aromatic ring is 1. The SMILES string of the molecule is Nc1ncnc2c1ncn2[C@H]1C[C@@H](OCCP(=O)(O)O)CO1. The summed E-state index contributed by atoms with van der Waals surface area (Å²) >= 11 is 0. The first-order valence-corrected chi connectivity index (χ1v) is 8.44. The van der Waals surface area contributed by atoms with Gasteiger partial charge in [-0.05, 0) is 0 Å². The van der Waals surface area contributed by atoms with Crippen LogP contribution in [0, 0.1) is 0 Å². The zero-order valence-corrected chi connectivity index (χ0v) is 12.5. The number of rotatable bonds is 5. The smallest absolute Gasteiger partial charge is 0.327 e. The number of anilines is 1. The number of nitrogens with zero attached hydrogens (tertiary/aromatic N) is 4. The molecule has 0 aliphatic carbocycles. The van der Waals surface area contributed by atoms with E-state index in [0.717, 1.165) is 0 Å². The van der Waals surface area contributed by atoms with E-state index in [2.05, 4.69) is 15.0 Å². The van der Waals surface area contributed by atoms with E-state index in [0.29, 0.717) is 30.0 Å². The van der Waals surface area contributed by atoms with Crippen LogP contribution in [-0.4, -0.2) is 54.8 Å². The average molecular weight is 329 g/mol. The van der Waals surface area contributed by atoms with Crippen LogP contribution in [0.4, 0.5) is 5.82 Å². The van der Waals surface area contributed by atoms with E-state index in [4.69, 9.17) is 25.0 Å². The summed E-state index contributed by atoms with van der Waals surface area (Å²) in [6.45, 7) is 0.330. The summed E-state index contributed by atoms with van der Waals surface area (Å²) < 4.78 is 23.6. The molecule has 1 fully saturated rings. The predicted molar refractivity (Wildman–Crippen MR) is 76.0 cm³/mol. The maximum absolute atomic E-state index is 10.8. The van der Waals surface area contributed by atoms with Gasteiger partial charge in [0, 0.05) is 6.42 Å². The molecule has 1 aliphatic heterocycles. The first kappa shape index (κ1) is 15.3. The zero-order valence-electron chi connectivity index (χ0n) is 11.6. The van der Waals surface area contributed by atoms with E-state index < -0.39 is 7.60 Å². The highest BCUT2D eigenvalue weighted by Gasteiger charge is 2.29. The molecular formula is C11H16N5O5P. The number of nitrogens with two attached hydrogens (primary N) is 1. The predicted octanol–water partition coefficient (Wildman–Crippen LogP) is -0.110. The summed E-state index contributed by atoms with van der Waals surface area (Å²) in [5, 5.41) is 0. The van der Waals surface area contributed by atoms with Gasteiger partial charge in [0.2, 0.25) is 0 Å². The molecule has 0 saturated carbocycles. The van der Waals surface area contributed by atoms with Crippen LogP contribution in [0.2, 0.25) is 0 Å². The van der Waals surface area contributed by atoms with Crippen molar-refractivity contribution in [1.29, 1.82) is 0 Å². The van der Waals surface area contributed by atoms with Crippen LogP contribution >= 0.6 is 7.60 Å². The molecule has 22 heavy (non-hydrogen) atoms. The molecule has 2 aromatic rings. The van der Waals surface area contributed by atoms with Crippen LogP contribution in [0.3, 0.4) is 0 Å². The van der Waals surface area contributed by atoms with E-state index >= 15 is 0 Å². The fourth-order valence-corrected chi connectivity index (χ4v) is 2.65. The molecule has 4 N–H and O–H groups in total. The van der Waals surface area contributed by atoms with Crippen molar-refractivity contribution in [3.8, 4) is 0 Å². The van der Waals surface area contributed by atoms with E-state index in [1.807, 2.05) is 0 Å². The lowest BCUT2D eigenvalue weighted by atomic mass is 10.3. The summed E-state index contributed by atoms with van der Waals surface area (Å²) in [4.78, 5) is 29.8. The van der Waals surface area contributed by atoms with Gasteiger partial charge >= 0.3 is 7.60 Å². The minimum Gasteiger partial charge on any atom is -0.382 e. The average Bonchev–Trinajstić information content (AvgIpc) is 3.04. The van der Waals surface area contributed by atoms with Gasteiger partial charge < -0.3 is 25.0 Å². The fourth-order valence-electron chi connectivity index (χ4n) is 2.31. The van der Waals surface area contributed by atoms with Gasteiger partial charge in [0.1, 0.15) is 18.1 Å². The fraction of sp³-hybridized carbons (Fsp3) is 0.545. The Labute approximate surface area is 125 Å². The Balaban J connectivity index is 1.65. The van der Waals surface area contributed by atoms with Crippen LogP contribution in [0.15, 0.2) is 12.7 Å². The molecule has 0 radical (unpaired) electrons. The number of fused-ring (bicyclic) bond motifs is 1. The molecule has 11 heteroatoms. The van der Waals surface area contributed by atoms with E-state index in [1.54, 1.807) is 10.9 Å². The van der Waals surface area contributed by atoms with Crippen LogP contribution in [0.25, 0.3) is 11.2 Å². The second-order valence-electron chi connectivity index (χ2n) is 4.99. The Morgan fingerprint density at radius 3 is 3.05 bits per heavy atom. The van der Waals surface area contributed by atoms with E-state index in [9.17, 15) is 4.57 Å². The highest BCUT2D eigenvalue weighted by molar-refractivity contribution is 7.51. The summed E-state index contributed by atoms with van der Waals surface area (Å²) in [5.74, 6) is 0.302. The van der Waals surface area contributed by atoms with Crippen molar-refractivity contribution in [3.05, 3.63) is 12.7 Å². The Kier molecular flexibility index (Phi) is 4.11. The number of aromatic nitrogens is 4. The van der Waals surface area contributed by atoms with Gasteiger partial charge in [-0.25, -0.2) is 15.0 Å². The van der Waals surface area contributed by atoms with Gasteiger partial charge in [-0.2, -0.15) is 0 Å². The Hall–Kier alpha value is -1.58. The van der Waals surface area contributed by atoms with Crippen LogP contribution in [0.1, 0.15) is 12.6 Å². The lowest BCUT2D eigenvalue weighted by Gasteiger charge is -2.12. The Morgan fingerprint density at radius 1 is 1.45 bits per heavy atom. The van der Waals surface area contributed by atoms with E-state index in [1.165, 1.54) is 6.33 Å². The normalized spacial score (nSPS) is 22.5. The molecule has 2 aromatic heterocycles. The van der Waals surface area contributed by atoms with Gasteiger partial charge in [0.25, 0.3) is 0 Å². The molecule has 10 nitrogen and oxygen atoms in total. The minimum atomic E-state index is -4.04. The van der Waals surface area contributed by atoms with Crippen molar-refractivity contribution in [3.63, 3.8) is 0 Å². The number of hydrogen-bond acceptors (Lipinski definition) is 7. The Bertz CT molecular complexity index is 716. The molecule has 3 rings (SSSR count). The van der Waals surface area contributed by atoms with Crippen molar-refractivity contribution >= 4 is 24.6 Å². The quantitative estimate of drug-likeness (QED) is 0.639. The number of ether oxygens (including phenoxy) is 2. The van der Waals surface area contributed by atoms with Crippen LogP contribution in [-0.2, 0) is 14.0 Å². The molecule has 0 bridgehead atoms. The third kappa shape index (κ3) is 3.26. The molecule has 120 valence electrons. The molecular weight excluding hydrogens is 313 g/mol. The zero-order chi connectivity index (χ0) is 15.7. The third-order valence-electron chi connectivity index (χ3n) is 3.37. The van der Waals surface area contributed by atoms with Crippen LogP contribution < -0.4 is 5.73 Å². The van der Waals surface area contributed by atoms with Crippen molar-refractivity contribution in [2.75, 3.05) is 25.1 Å². The van der Waals surface area contributed by atoms with Crippen LogP contribution in [0.5, 0.6) is 0 Å². The van der Waals surface area contributed by atoms with E-state index in [-0.39, 0.29) is 25.1 Å².